The maximum Gasteiger partial charge on any atom is 0.416 e. The lowest BCUT2D eigenvalue weighted by Crippen LogP contribution is -2.56. The van der Waals surface area contributed by atoms with Gasteiger partial charge in [0.25, 0.3) is 0 Å². The first-order valence-corrected chi connectivity index (χ1v) is 7.60. The molecule has 0 bridgehead atoms. The van der Waals surface area contributed by atoms with Crippen molar-refractivity contribution in [3.8, 4) is 0 Å². The van der Waals surface area contributed by atoms with E-state index in [1.807, 2.05) is 13.0 Å². The largest absolute Gasteiger partial charge is 0.416 e. The quantitative estimate of drug-likeness (QED) is 0.845. The van der Waals surface area contributed by atoms with E-state index in [2.05, 4.69) is 5.32 Å². The van der Waals surface area contributed by atoms with Crippen LogP contribution in [0.25, 0.3) is 0 Å². The van der Waals surface area contributed by atoms with Gasteiger partial charge in [-0.3, -0.25) is 9.59 Å². The Balaban J connectivity index is 1.91. The lowest BCUT2D eigenvalue weighted by molar-refractivity contribution is -0.243. The fourth-order valence-electron chi connectivity index (χ4n) is 3.07. The molecule has 24 heavy (non-hydrogen) atoms. The van der Waals surface area contributed by atoms with Crippen molar-refractivity contribution in [2.24, 2.45) is 0 Å². The number of benzene rings is 1. The van der Waals surface area contributed by atoms with Crippen LogP contribution in [0.15, 0.2) is 24.3 Å². The maximum atomic E-state index is 12.9. The molecule has 1 unspecified atom stereocenters. The highest BCUT2D eigenvalue weighted by Gasteiger charge is 2.49. The van der Waals surface area contributed by atoms with Crippen LogP contribution in [0.2, 0.25) is 0 Å². The number of rotatable bonds is 1. The first-order valence-electron chi connectivity index (χ1n) is 7.60. The molecule has 5 nitrogen and oxygen atoms in total. The second-order valence-corrected chi connectivity index (χ2v) is 6.13. The van der Waals surface area contributed by atoms with Gasteiger partial charge in [-0.15, -0.1) is 0 Å². The highest BCUT2D eigenvalue weighted by Crippen LogP contribution is 2.31. The monoisotopic (exact) mass is 342 g/mol. The van der Waals surface area contributed by atoms with E-state index in [-0.39, 0.29) is 18.9 Å². The maximum absolute atomic E-state index is 12.9. The van der Waals surface area contributed by atoms with Crippen molar-refractivity contribution in [3.05, 3.63) is 35.4 Å². The summed E-state index contributed by atoms with van der Waals surface area (Å²) in [6, 6.07) is 5.34. The average molecular weight is 342 g/mol. The molecule has 2 amide bonds. The van der Waals surface area contributed by atoms with Gasteiger partial charge in [-0.05, 0) is 12.5 Å². The number of fused-ring (bicyclic) bond motifs is 1. The minimum atomic E-state index is -4.55. The molecule has 1 aromatic carbocycles. The summed E-state index contributed by atoms with van der Waals surface area (Å²) in [6.07, 6.45) is -6.64. The van der Waals surface area contributed by atoms with Crippen LogP contribution in [0.1, 0.15) is 23.6 Å². The third-order valence-corrected chi connectivity index (χ3v) is 4.29. The van der Waals surface area contributed by atoms with E-state index in [0.29, 0.717) is 5.56 Å². The van der Waals surface area contributed by atoms with Gasteiger partial charge in [-0.25, -0.2) is 0 Å². The Hall–Kier alpha value is -2.09. The van der Waals surface area contributed by atoms with Crippen molar-refractivity contribution >= 4 is 11.8 Å². The Labute approximate surface area is 136 Å². The van der Waals surface area contributed by atoms with Gasteiger partial charge in [-0.1, -0.05) is 29.8 Å². The number of ether oxygens (including phenoxy) is 1. The lowest BCUT2D eigenvalue weighted by Gasteiger charge is -2.39. The van der Waals surface area contributed by atoms with Crippen LogP contribution in [0.4, 0.5) is 13.2 Å². The molecule has 1 N–H and O–H groups in total. The van der Waals surface area contributed by atoms with Gasteiger partial charge in [-0.2, -0.15) is 13.2 Å². The van der Waals surface area contributed by atoms with E-state index in [4.69, 9.17) is 4.74 Å². The molecule has 2 fully saturated rings. The lowest BCUT2D eigenvalue weighted by atomic mass is 10.0. The van der Waals surface area contributed by atoms with Crippen LogP contribution in [-0.4, -0.2) is 48.2 Å². The van der Waals surface area contributed by atoms with Gasteiger partial charge in [0.05, 0.1) is 19.2 Å². The SMILES string of the molecule is Cc1cccc(C2NC(=O)C[C@@H]3CO[C@@H](C(F)(F)F)CN3C2=O)c1. The van der Waals surface area contributed by atoms with Crippen molar-refractivity contribution in [1.82, 2.24) is 10.2 Å². The highest BCUT2D eigenvalue weighted by molar-refractivity contribution is 5.91. The zero-order valence-corrected chi connectivity index (χ0v) is 13.0. The van der Waals surface area contributed by atoms with E-state index in [9.17, 15) is 22.8 Å². The van der Waals surface area contributed by atoms with E-state index >= 15 is 0 Å². The molecule has 130 valence electrons. The molecule has 0 aliphatic carbocycles. The van der Waals surface area contributed by atoms with Crippen LogP contribution in [0.3, 0.4) is 0 Å². The first kappa shape index (κ1) is 16.8. The summed E-state index contributed by atoms with van der Waals surface area (Å²) in [7, 11) is 0. The standard InChI is InChI=1S/C16H17F3N2O3/c1-9-3-2-4-10(5-9)14-15(23)21-7-12(16(17,18)19)24-8-11(21)6-13(22)20-14/h2-5,11-12,14H,6-8H2,1H3,(H,20,22)/t11-,12-,14?/m1/s1. The summed E-state index contributed by atoms with van der Waals surface area (Å²) in [5.41, 5.74) is 1.45. The van der Waals surface area contributed by atoms with Gasteiger partial charge in [0.15, 0.2) is 6.10 Å². The molecule has 3 atom stereocenters. The molecular formula is C16H17F3N2O3. The smallest absolute Gasteiger partial charge is 0.365 e. The van der Waals surface area contributed by atoms with Gasteiger partial charge >= 0.3 is 6.18 Å². The minimum Gasteiger partial charge on any atom is -0.365 e. The van der Waals surface area contributed by atoms with Crippen molar-refractivity contribution in [2.75, 3.05) is 13.2 Å². The minimum absolute atomic E-state index is 0.0708. The zero-order valence-electron chi connectivity index (χ0n) is 13.0. The number of hydrogen-bond donors (Lipinski definition) is 1. The van der Waals surface area contributed by atoms with Gasteiger partial charge < -0.3 is 15.0 Å². The molecule has 0 radical (unpaired) electrons. The van der Waals surface area contributed by atoms with E-state index < -0.39 is 36.8 Å². The number of alkyl halides is 3. The molecule has 0 saturated carbocycles. The highest BCUT2D eigenvalue weighted by atomic mass is 19.4. The number of carbonyl (C=O) groups is 2. The van der Waals surface area contributed by atoms with Crippen LogP contribution in [0.5, 0.6) is 0 Å². The second kappa shape index (κ2) is 6.08. The number of amides is 2. The van der Waals surface area contributed by atoms with Crippen molar-refractivity contribution in [1.29, 1.82) is 0 Å². The van der Waals surface area contributed by atoms with Crippen LogP contribution in [0, 0.1) is 6.92 Å². The van der Waals surface area contributed by atoms with Crippen LogP contribution < -0.4 is 5.32 Å². The number of nitrogens with one attached hydrogen (secondary N) is 1. The Morgan fingerprint density at radius 2 is 2.04 bits per heavy atom. The number of carbonyl (C=O) groups excluding carboxylic acids is 2. The third kappa shape index (κ3) is 3.24. The van der Waals surface area contributed by atoms with Crippen LogP contribution in [-0.2, 0) is 14.3 Å². The van der Waals surface area contributed by atoms with E-state index in [1.54, 1.807) is 18.2 Å². The number of aryl methyl sites for hydroxylation is 1. The average Bonchev–Trinajstić information content (AvgIpc) is 2.63. The van der Waals surface area contributed by atoms with Crippen molar-refractivity contribution < 1.29 is 27.5 Å². The molecule has 1 aromatic rings. The van der Waals surface area contributed by atoms with E-state index in [1.165, 1.54) is 0 Å². The first-order chi connectivity index (χ1) is 11.3. The predicted octanol–water partition coefficient (Wildman–Crippen LogP) is 1.71. The van der Waals surface area contributed by atoms with Gasteiger partial charge in [0.1, 0.15) is 6.04 Å². The molecule has 8 heteroatoms. The predicted molar refractivity (Wildman–Crippen MR) is 78.0 cm³/mol. The summed E-state index contributed by atoms with van der Waals surface area (Å²) >= 11 is 0. The van der Waals surface area contributed by atoms with Crippen LogP contribution >= 0.6 is 0 Å². The summed E-state index contributed by atoms with van der Waals surface area (Å²) in [5.74, 6) is -0.912. The summed E-state index contributed by atoms with van der Waals surface area (Å²) in [4.78, 5) is 26.0. The fourth-order valence-corrected chi connectivity index (χ4v) is 3.07. The van der Waals surface area contributed by atoms with Crippen molar-refractivity contribution in [2.45, 2.75) is 37.7 Å². The van der Waals surface area contributed by atoms with Gasteiger partial charge in [0.2, 0.25) is 11.8 Å². The number of nitrogens with zero attached hydrogens (tertiary/aromatic N) is 1. The third-order valence-electron chi connectivity index (χ3n) is 4.29. The molecule has 3 rings (SSSR count). The summed E-state index contributed by atoms with van der Waals surface area (Å²) in [5, 5.41) is 2.62. The second-order valence-electron chi connectivity index (χ2n) is 6.13. The number of hydrogen-bond acceptors (Lipinski definition) is 3. The fraction of sp³-hybridized carbons (Fsp3) is 0.500. The molecule has 2 heterocycles. The molecule has 0 spiro atoms. The Kier molecular flexibility index (Phi) is 4.25. The van der Waals surface area contributed by atoms with Crippen molar-refractivity contribution in [3.63, 3.8) is 0 Å². The molecule has 2 aliphatic rings. The van der Waals surface area contributed by atoms with E-state index in [0.717, 1.165) is 10.5 Å². The number of halogens is 3. The Morgan fingerprint density at radius 1 is 1.29 bits per heavy atom. The summed E-state index contributed by atoms with van der Waals surface area (Å²) < 4.78 is 43.6. The normalized spacial score (nSPS) is 28.2. The van der Waals surface area contributed by atoms with Gasteiger partial charge in [0, 0.05) is 6.42 Å². The Bertz CT molecular complexity index is 662. The Morgan fingerprint density at radius 3 is 2.71 bits per heavy atom. The molecule has 2 aliphatic heterocycles. The molecule has 2 saturated heterocycles. The summed E-state index contributed by atoms with van der Waals surface area (Å²) in [6.45, 7) is 0.942. The zero-order chi connectivity index (χ0) is 17.5. The number of morpholine rings is 1. The topological polar surface area (TPSA) is 58.6 Å². The molecule has 0 aromatic heterocycles. The molecular weight excluding hydrogens is 325 g/mol.